The number of unbranched alkanes of at least 4 members (excludes halogenated alkanes) is 2. The van der Waals surface area contributed by atoms with Gasteiger partial charge in [0.25, 0.3) is 5.91 Å². The molecule has 0 saturated heterocycles. The van der Waals surface area contributed by atoms with Crippen molar-refractivity contribution in [1.29, 1.82) is 5.53 Å². The Morgan fingerprint density at radius 3 is 2.18 bits per heavy atom. The lowest BCUT2D eigenvalue weighted by Gasteiger charge is -2.23. The Morgan fingerprint density at radius 1 is 0.949 bits per heavy atom. The van der Waals surface area contributed by atoms with Crippen LogP contribution in [0.4, 0.5) is 0 Å². The van der Waals surface area contributed by atoms with Crippen molar-refractivity contribution in [3.8, 4) is 17.2 Å². The van der Waals surface area contributed by atoms with Gasteiger partial charge in [-0.2, -0.15) is 5.11 Å². The zero-order valence-corrected chi connectivity index (χ0v) is 23.8. The summed E-state index contributed by atoms with van der Waals surface area (Å²) in [4.78, 5) is 25.9. The van der Waals surface area contributed by atoms with Crippen LogP contribution in [0.25, 0.3) is 0 Å². The average Bonchev–Trinajstić information content (AvgIpc) is 2.89. The van der Waals surface area contributed by atoms with Gasteiger partial charge in [0.15, 0.2) is 0 Å². The molecule has 0 aliphatic heterocycles. The molecule has 39 heavy (non-hydrogen) atoms. The highest BCUT2D eigenvalue weighted by Gasteiger charge is 2.21. The standard InChI is InChI=1S/C29H41N3O6.ClH/c1-3-15-32(16-4-2)29(36)25-19-23(9-8-10-28(34)35)27(20-26(25)33)38-18-7-5-6-17-37-24-13-11-22(12-14-24)21-31-30;/h11-14,19-20,30,33H,3-10,15-18,21H2,1-2H3,(H,34,35);1H. The molecule has 0 spiro atoms. The molecule has 0 aliphatic rings. The molecule has 3 N–H and O–H groups in total. The number of aromatic hydroxyl groups is 1. The second-order valence-corrected chi connectivity index (χ2v) is 9.23. The number of carboxylic acids is 1. The van der Waals surface area contributed by atoms with Gasteiger partial charge in [-0.3, -0.25) is 9.59 Å². The molecule has 0 unspecified atom stereocenters. The van der Waals surface area contributed by atoms with Crippen molar-refractivity contribution in [2.75, 3.05) is 26.3 Å². The summed E-state index contributed by atoms with van der Waals surface area (Å²) in [6, 6.07) is 10.7. The molecule has 0 heterocycles. The molecule has 2 aromatic rings. The maximum Gasteiger partial charge on any atom is 0.303 e. The third kappa shape index (κ3) is 11.9. The van der Waals surface area contributed by atoms with E-state index >= 15 is 0 Å². The molecule has 216 valence electrons. The van der Waals surface area contributed by atoms with Gasteiger partial charge >= 0.3 is 5.97 Å². The number of carboxylic acid groups (broad SMARTS) is 1. The van der Waals surface area contributed by atoms with E-state index in [1.807, 2.05) is 38.1 Å². The highest BCUT2D eigenvalue weighted by Crippen LogP contribution is 2.31. The van der Waals surface area contributed by atoms with Crippen LogP contribution in [0, 0.1) is 5.53 Å². The number of ether oxygens (including phenoxy) is 2. The van der Waals surface area contributed by atoms with Crippen molar-refractivity contribution in [3.05, 3.63) is 53.1 Å². The number of aryl methyl sites for hydroxylation is 1. The molecular weight excluding hydrogens is 522 g/mol. The SMILES string of the molecule is CCCN(CCC)C(=O)c1cc(CCCC(=O)O)c(OCCCCCOc2ccc(CN=N)cc2)cc1O.Cl. The zero-order valence-electron chi connectivity index (χ0n) is 23.0. The first-order chi connectivity index (χ1) is 18.4. The van der Waals surface area contributed by atoms with E-state index in [0.29, 0.717) is 51.4 Å². The van der Waals surface area contributed by atoms with Gasteiger partial charge < -0.3 is 24.6 Å². The van der Waals surface area contributed by atoms with Crippen molar-refractivity contribution in [3.63, 3.8) is 0 Å². The number of nitrogens with one attached hydrogen (secondary N) is 1. The molecule has 0 radical (unpaired) electrons. The molecule has 0 atom stereocenters. The Morgan fingerprint density at radius 2 is 1.59 bits per heavy atom. The number of nitrogens with zero attached hydrogens (tertiary/aromatic N) is 2. The number of amides is 1. The predicted molar refractivity (Wildman–Crippen MR) is 153 cm³/mol. The van der Waals surface area contributed by atoms with Gasteiger partial charge in [-0.1, -0.05) is 26.0 Å². The minimum absolute atomic E-state index is 0. The highest BCUT2D eigenvalue weighted by molar-refractivity contribution is 5.97. The normalized spacial score (nSPS) is 10.4. The maximum atomic E-state index is 13.1. The minimum atomic E-state index is -0.874. The van der Waals surface area contributed by atoms with Crippen LogP contribution >= 0.6 is 12.4 Å². The molecule has 0 saturated carbocycles. The number of hydrogen-bond acceptors (Lipinski definition) is 7. The Hall–Kier alpha value is -3.33. The monoisotopic (exact) mass is 563 g/mol. The fraction of sp³-hybridized carbons (Fsp3) is 0.517. The van der Waals surface area contributed by atoms with Gasteiger partial charge in [-0.25, -0.2) is 5.53 Å². The Balaban J connectivity index is 0.00000760. The van der Waals surface area contributed by atoms with E-state index in [0.717, 1.165) is 49.0 Å². The summed E-state index contributed by atoms with van der Waals surface area (Å²) in [6.45, 7) is 6.60. The van der Waals surface area contributed by atoms with E-state index in [4.69, 9.17) is 20.1 Å². The molecule has 2 rings (SSSR count). The molecule has 9 nitrogen and oxygen atoms in total. The molecule has 10 heteroatoms. The topological polar surface area (TPSA) is 133 Å². The van der Waals surface area contributed by atoms with E-state index < -0.39 is 5.97 Å². The summed E-state index contributed by atoms with van der Waals surface area (Å²) < 4.78 is 11.7. The first-order valence-corrected chi connectivity index (χ1v) is 13.4. The minimum Gasteiger partial charge on any atom is -0.507 e. The number of rotatable bonds is 19. The summed E-state index contributed by atoms with van der Waals surface area (Å²) in [6.07, 6.45) is 5.02. The number of phenolic OH excluding ortho intramolecular Hbond substituents is 1. The van der Waals surface area contributed by atoms with E-state index in [1.165, 1.54) is 6.07 Å². The third-order valence-electron chi connectivity index (χ3n) is 6.02. The first-order valence-electron chi connectivity index (χ1n) is 13.4. The van der Waals surface area contributed by atoms with Crippen molar-refractivity contribution in [1.82, 2.24) is 4.90 Å². The number of benzene rings is 2. The van der Waals surface area contributed by atoms with Crippen LogP contribution in [-0.2, 0) is 17.8 Å². The van der Waals surface area contributed by atoms with E-state index in [9.17, 15) is 14.7 Å². The quantitative estimate of drug-likeness (QED) is 0.129. The first kappa shape index (κ1) is 33.7. The highest BCUT2D eigenvalue weighted by atomic mass is 35.5. The van der Waals surface area contributed by atoms with Gasteiger partial charge in [0.05, 0.1) is 25.3 Å². The van der Waals surface area contributed by atoms with Gasteiger partial charge in [0, 0.05) is 25.6 Å². The van der Waals surface area contributed by atoms with E-state index in [2.05, 4.69) is 5.11 Å². The van der Waals surface area contributed by atoms with Crippen molar-refractivity contribution in [2.45, 2.75) is 71.8 Å². The molecule has 2 aromatic carbocycles. The number of carbonyl (C=O) groups excluding carboxylic acids is 1. The van der Waals surface area contributed by atoms with Gasteiger partial charge in [0.2, 0.25) is 0 Å². The van der Waals surface area contributed by atoms with Crippen LogP contribution in [0.2, 0.25) is 0 Å². The third-order valence-corrected chi connectivity index (χ3v) is 6.02. The Labute approximate surface area is 237 Å². The lowest BCUT2D eigenvalue weighted by molar-refractivity contribution is -0.137. The summed E-state index contributed by atoms with van der Waals surface area (Å²) in [5, 5.41) is 23.1. The molecule has 0 bridgehead atoms. The lowest BCUT2D eigenvalue weighted by Crippen LogP contribution is -2.32. The molecule has 0 fully saturated rings. The number of hydrogen-bond donors (Lipinski definition) is 3. The van der Waals surface area contributed by atoms with Crippen LogP contribution in [0.3, 0.4) is 0 Å². The fourth-order valence-electron chi connectivity index (χ4n) is 4.11. The van der Waals surface area contributed by atoms with Gasteiger partial charge in [0.1, 0.15) is 17.2 Å². The van der Waals surface area contributed by atoms with Crippen LogP contribution in [0.1, 0.15) is 80.3 Å². The second-order valence-electron chi connectivity index (χ2n) is 9.23. The van der Waals surface area contributed by atoms with Crippen molar-refractivity contribution in [2.24, 2.45) is 5.11 Å². The largest absolute Gasteiger partial charge is 0.507 e. The van der Waals surface area contributed by atoms with Crippen LogP contribution in [0.5, 0.6) is 17.2 Å². The fourth-order valence-corrected chi connectivity index (χ4v) is 4.11. The smallest absolute Gasteiger partial charge is 0.303 e. The average molecular weight is 564 g/mol. The summed E-state index contributed by atoms with van der Waals surface area (Å²) in [5.74, 6) is 0.0414. The van der Waals surface area contributed by atoms with Gasteiger partial charge in [-0.05, 0) is 74.3 Å². The predicted octanol–water partition coefficient (Wildman–Crippen LogP) is 6.64. The van der Waals surface area contributed by atoms with Crippen molar-refractivity contribution >= 4 is 24.3 Å². The second kappa shape index (κ2) is 18.8. The molecule has 1 amide bonds. The van der Waals surface area contributed by atoms with Crippen molar-refractivity contribution < 1.29 is 29.3 Å². The molecule has 0 aromatic heterocycles. The lowest BCUT2D eigenvalue weighted by atomic mass is 10.0. The summed E-state index contributed by atoms with van der Waals surface area (Å²) in [7, 11) is 0. The van der Waals surface area contributed by atoms with E-state index in [1.54, 1.807) is 11.0 Å². The van der Waals surface area contributed by atoms with Crippen LogP contribution < -0.4 is 9.47 Å². The zero-order chi connectivity index (χ0) is 27.8. The molecule has 0 aliphatic carbocycles. The number of carbonyl (C=O) groups is 2. The maximum absolute atomic E-state index is 13.1. The summed E-state index contributed by atoms with van der Waals surface area (Å²) in [5.41, 5.74) is 8.83. The number of phenols is 1. The number of halogens is 1. The Kier molecular flexibility index (Phi) is 16.3. The Bertz CT molecular complexity index is 1030. The van der Waals surface area contributed by atoms with Gasteiger partial charge in [-0.15, -0.1) is 12.4 Å². The molecular formula is C29H42ClN3O6. The number of aliphatic carboxylic acids is 1. The summed E-state index contributed by atoms with van der Waals surface area (Å²) >= 11 is 0. The van der Waals surface area contributed by atoms with Crippen LogP contribution in [0.15, 0.2) is 41.5 Å². The van der Waals surface area contributed by atoms with Crippen LogP contribution in [-0.4, -0.2) is 53.3 Å². The van der Waals surface area contributed by atoms with E-state index in [-0.39, 0.29) is 36.0 Å².